The van der Waals surface area contributed by atoms with E-state index in [9.17, 15) is 4.79 Å². The molecule has 0 aliphatic carbocycles. The number of carbonyl (C=O) groups is 1. The van der Waals surface area contributed by atoms with Gasteiger partial charge in [0.05, 0.1) is 18.2 Å². The Bertz CT molecular complexity index is 426. The summed E-state index contributed by atoms with van der Waals surface area (Å²) in [6.45, 7) is 0. The first kappa shape index (κ1) is 10.9. The summed E-state index contributed by atoms with van der Waals surface area (Å²) in [5, 5.41) is 9.12. The molecule has 0 fully saturated rings. The zero-order valence-corrected chi connectivity index (χ0v) is 8.89. The van der Waals surface area contributed by atoms with E-state index in [0.717, 1.165) is 0 Å². The number of carbonyl (C=O) groups excluding carboxylic acids is 1. The molecule has 0 saturated carbocycles. The van der Waals surface area contributed by atoms with Crippen LogP contribution in [0.4, 0.5) is 0 Å². The van der Waals surface area contributed by atoms with Gasteiger partial charge in [0.1, 0.15) is 6.07 Å². The van der Waals surface area contributed by atoms with E-state index < -0.39 is 5.97 Å². The maximum atomic E-state index is 11.3. The molecule has 0 saturated heterocycles. The lowest BCUT2D eigenvalue weighted by molar-refractivity contribution is 0.0596. The summed E-state index contributed by atoms with van der Waals surface area (Å²) in [4.78, 5) is 11.6. The number of nitrogens with zero attached hydrogens (tertiary/aromatic N) is 1. The summed E-state index contributed by atoms with van der Waals surface area (Å²) in [5.41, 5.74) is 0.303. The Morgan fingerprint density at radius 2 is 2.29 bits per heavy atom. The second-order valence-corrected chi connectivity index (χ2v) is 3.37. The van der Waals surface area contributed by atoms with E-state index in [4.69, 9.17) is 16.9 Å². The van der Waals surface area contributed by atoms with Gasteiger partial charge in [0.25, 0.3) is 0 Å². The zero-order valence-electron chi connectivity index (χ0n) is 7.24. The van der Waals surface area contributed by atoms with Crippen molar-refractivity contribution in [2.24, 2.45) is 0 Å². The fourth-order valence-electron chi connectivity index (χ4n) is 0.997. The van der Waals surface area contributed by atoms with Gasteiger partial charge in [-0.05, 0) is 12.1 Å². The number of benzene rings is 1. The summed E-state index contributed by atoms with van der Waals surface area (Å²) < 4.78 is 4.52. The van der Waals surface area contributed by atoms with Crippen LogP contribution in [0.1, 0.15) is 15.9 Å². The molecule has 1 aromatic rings. The zero-order chi connectivity index (χ0) is 10.7. The molecule has 0 aromatic heterocycles. The van der Waals surface area contributed by atoms with Crippen LogP contribution in [0, 0.1) is 11.3 Å². The molecule has 0 bridgehead atoms. The molecule has 1 aromatic carbocycles. The van der Waals surface area contributed by atoms with E-state index in [0.29, 0.717) is 9.92 Å². The molecule has 3 nitrogen and oxygen atoms in total. The topological polar surface area (TPSA) is 50.1 Å². The van der Waals surface area contributed by atoms with Gasteiger partial charge in [-0.1, -0.05) is 11.6 Å². The Hall–Kier alpha value is -1.18. The lowest BCUT2D eigenvalue weighted by atomic mass is 10.1. The molecular formula is C9H6ClNO2S. The molecule has 0 aliphatic rings. The van der Waals surface area contributed by atoms with Crippen molar-refractivity contribution in [3.05, 3.63) is 28.3 Å². The second-order valence-electron chi connectivity index (χ2n) is 2.45. The van der Waals surface area contributed by atoms with Gasteiger partial charge in [0.15, 0.2) is 0 Å². The third-order valence-corrected chi connectivity index (χ3v) is 2.16. The lowest BCUT2D eigenvalue weighted by Gasteiger charge is -2.05. The maximum absolute atomic E-state index is 11.3. The second kappa shape index (κ2) is 4.36. The summed E-state index contributed by atoms with van der Waals surface area (Å²) >= 11 is 9.74. The van der Waals surface area contributed by atoms with Crippen molar-refractivity contribution in [3.8, 4) is 6.07 Å². The van der Waals surface area contributed by atoms with Gasteiger partial charge in [0, 0.05) is 9.92 Å². The minimum atomic E-state index is -0.594. The molecule has 0 amide bonds. The predicted octanol–water partition coefficient (Wildman–Crippen LogP) is 2.29. The van der Waals surface area contributed by atoms with Crippen LogP contribution >= 0.6 is 24.2 Å². The van der Waals surface area contributed by atoms with Crippen LogP contribution in [0.5, 0.6) is 0 Å². The largest absolute Gasteiger partial charge is 0.465 e. The lowest BCUT2D eigenvalue weighted by Crippen LogP contribution is -2.05. The first-order valence-electron chi connectivity index (χ1n) is 3.61. The van der Waals surface area contributed by atoms with Gasteiger partial charge in [0.2, 0.25) is 0 Å². The number of esters is 1. The van der Waals surface area contributed by atoms with Crippen LogP contribution in [0.15, 0.2) is 17.0 Å². The first-order valence-corrected chi connectivity index (χ1v) is 4.43. The summed E-state index contributed by atoms with van der Waals surface area (Å²) in [5.74, 6) is -0.594. The Balaban J connectivity index is 3.42. The number of thiol groups is 1. The number of hydrogen-bond acceptors (Lipinski definition) is 4. The molecule has 14 heavy (non-hydrogen) atoms. The number of nitriles is 1. The van der Waals surface area contributed by atoms with Crippen LogP contribution in [0.3, 0.4) is 0 Å². The van der Waals surface area contributed by atoms with Crippen molar-refractivity contribution in [2.75, 3.05) is 7.11 Å². The van der Waals surface area contributed by atoms with Gasteiger partial charge in [-0.2, -0.15) is 5.26 Å². The van der Waals surface area contributed by atoms with Gasteiger partial charge in [-0.15, -0.1) is 12.6 Å². The number of hydrogen-bond donors (Lipinski definition) is 1. The average Bonchev–Trinajstić information content (AvgIpc) is 2.15. The fourth-order valence-corrected chi connectivity index (χ4v) is 1.64. The molecule has 0 spiro atoms. The fraction of sp³-hybridized carbons (Fsp3) is 0.111. The number of rotatable bonds is 1. The third-order valence-electron chi connectivity index (χ3n) is 1.59. The van der Waals surface area contributed by atoms with E-state index >= 15 is 0 Å². The quantitative estimate of drug-likeness (QED) is 0.592. The number of methoxy groups -OCH3 is 1. The van der Waals surface area contributed by atoms with Gasteiger partial charge in [-0.3, -0.25) is 0 Å². The van der Waals surface area contributed by atoms with Gasteiger partial charge in [-0.25, -0.2) is 4.79 Å². The van der Waals surface area contributed by atoms with Crippen molar-refractivity contribution < 1.29 is 9.53 Å². The highest BCUT2D eigenvalue weighted by atomic mass is 35.5. The Morgan fingerprint density at radius 1 is 1.64 bits per heavy atom. The maximum Gasteiger partial charge on any atom is 0.340 e. The van der Waals surface area contributed by atoms with Crippen molar-refractivity contribution in [1.82, 2.24) is 0 Å². The predicted molar refractivity (Wildman–Crippen MR) is 54.8 cm³/mol. The van der Waals surface area contributed by atoms with Gasteiger partial charge < -0.3 is 4.74 Å². The Labute approximate surface area is 91.7 Å². The summed E-state index contributed by atoms with van der Waals surface area (Å²) in [6, 6.07) is 4.74. The molecular weight excluding hydrogens is 222 g/mol. The minimum absolute atomic E-state index is 0.141. The molecule has 1 rings (SSSR count). The van der Waals surface area contributed by atoms with E-state index in [-0.39, 0.29) is 11.1 Å². The summed E-state index contributed by atoms with van der Waals surface area (Å²) in [6.07, 6.45) is 0. The molecule has 0 aliphatic heterocycles. The van der Waals surface area contributed by atoms with Crippen LogP contribution in [0.25, 0.3) is 0 Å². The van der Waals surface area contributed by atoms with Gasteiger partial charge >= 0.3 is 5.97 Å². The van der Waals surface area contributed by atoms with Crippen LogP contribution < -0.4 is 0 Å². The minimum Gasteiger partial charge on any atom is -0.465 e. The SMILES string of the molecule is COC(=O)c1c(S)cc(Cl)cc1C#N. The molecule has 0 atom stereocenters. The molecule has 0 N–H and O–H groups in total. The molecule has 72 valence electrons. The molecule has 5 heteroatoms. The van der Waals surface area contributed by atoms with Crippen molar-refractivity contribution in [1.29, 1.82) is 5.26 Å². The van der Waals surface area contributed by atoms with Crippen molar-refractivity contribution in [2.45, 2.75) is 4.90 Å². The van der Waals surface area contributed by atoms with Crippen LogP contribution in [0.2, 0.25) is 5.02 Å². The smallest absolute Gasteiger partial charge is 0.340 e. The van der Waals surface area contributed by atoms with Crippen molar-refractivity contribution >= 4 is 30.2 Å². The molecule has 0 unspecified atom stereocenters. The normalized spacial score (nSPS) is 9.29. The standard InChI is InChI=1S/C9H6ClNO2S/c1-13-9(12)8-5(4-11)2-6(10)3-7(8)14/h2-3,14H,1H3. The van der Waals surface area contributed by atoms with E-state index in [1.165, 1.54) is 19.2 Å². The van der Waals surface area contributed by atoms with E-state index in [1.807, 2.05) is 6.07 Å². The monoisotopic (exact) mass is 227 g/mol. The van der Waals surface area contributed by atoms with E-state index in [2.05, 4.69) is 17.4 Å². The van der Waals surface area contributed by atoms with Crippen LogP contribution in [-0.2, 0) is 4.74 Å². The Morgan fingerprint density at radius 3 is 2.79 bits per heavy atom. The average molecular weight is 228 g/mol. The highest BCUT2D eigenvalue weighted by Gasteiger charge is 2.16. The summed E-state index contributed by atoms with van der Waals surface area (Å²) in [7, 11) is 1.24. The number of ether oxygens (including phenoxy) is 1. The Kier molecular flexibility index (Phi) is 3.39. The number of halogens is 1. The molecule has 0 heterocycles. The highest BCUT2D eigenvalue weighted by Crippen LogP contribution is 2.24. The van der Waals surface area contributed by atoms with Crippen LogP contribution in [-0.4, -0.2) is 13.1 Å². The third kappa shape index (κ3) is 2.00. The first-order chi connectivity index (χ1) is 6.60. The van der Waals surface area contributed by atoms with Crippen molar-refractivity contribution in [3.63, 3.8) is 0 Å². The highest BCUT2D eigenvalue weighted by molar-refractivity contribution is 7.80. The molecule has 0 radical (unpaired) electrons. The van der Waals surface area contributed by atoms with E-state index in [1.54, 1.807) is 0 Å².